The topological polar surface area (TPSA) is 84.9 Å². The van der Waals surface area contributed by atoms with Crippen LogP contribution >= 0.6 is 0 Å². The fourth-order valence-electron chi connectivity index (χ4n) is 2.87. The maximum atomic E-state index is 12.5. The van der Waals surface area contributed by atoms with Gasteiger partial charge in [0.2, 0.25) is 6.10 Å². The zero-order valence-electron chi connectivity index (χ0n) is 13.3. The Bertz CT molecular complexity index is 908. The van der Waals surface area contributed by atoms with Gasteiger partial charge in [-0.15, -0.1) is 0 Å². The molecule has 126 valence electrons. The van der Waals surface area contributed by atoms with Crippen molar-refractivity contribution in [3.63, 3.8) is 0 Å². The second kappa shape index (κ2) is 5.62. The van der Waals surface area contributed by atoms with E-state index in [0.717, 1.165) is 4.90 Å². The van der Waals surface area contributed by atoms with Gasteiger partial charge in [0.05, 0.1) is 16.8 Å². The highest BCUT2D eigenvalue weighted by molar-refractivity contribution is 6.24. The number of nitrogens with zero attached hydrogens (tertiary/aromatic N) is 1. The summed E-state index contributed by atoms with van der Waals surface area (Å²) in [4.78, 5) is 37.8. The molecule has 2 aliphatic rings. The number of anilines is 1. The largest absolute Gasteiger partial charge is 0.485 e. The van der Waals surface area contributed by atoms with Crippen LogP contribution in [-0.4, -0.2) is 42.4 Å². The van der Waals surface area contributed by atoms with Crippen LogP contribution in [0.1, 0.15) is 20.7 Å². The average molecular weight is 338 g/mol. The van der Waals surface area contributed by atoms with Crippen LogP contribution in [0, 0.1) is 0 Å². The first-order valence-electron chi connectivity index (χ1n) is 7.71. The molecule has 1 N–H and O–H groups in total. The fraction of sp³-hybridized carbons (Fsp3) is 0.167. The minimum atomic E-state index is -0.851. The molecule has 0 fully saturated rings. The molecule has 0 spiro atoms. The summed E-state index contributed by atoms with van der Waals surface area (Å²) in [6, 6.07) is 11.8. The molecule has 0 saturated carbocycles. The van der Waals surface area contributed by atoms with E-state index in [2.05, 4.69) is 5.32 Å². The van der Waals surface area contributed by atoms with E-state index >= 15 is 0 Å². The second-order valence-electron chi connectivity index (χ2n) is 5.75. The maximum Gasteiger partial charge on any atom is 0.269 e. The number of para-hydroxylation sites is 2. The van der Waals surface area contributed by atoms with E-state index in [4.69, 9.17) is 9.47 Å². The number of hydrogen-bond acceptors (Lipinski definition) is 5. The van der Waals surface area contributed by atoms with Crippen molar-refractivity contribution in [3.8, 4) is 11.5 Å². The second-order valence-corrected chi connectivity index (χ2v) is 5.75. The zero-order valence-corrected chi connectivity index (χ0v) is 13.3. The lowest BCUT2D eigenvalue weighted by Gasteiger charge is -2.25. The SMILES string of the molecule is CN1C(=O)c2cccc(NC(=O)C3COc4ccccc4O3)c2C1=O. The van der Waals surface area contributed by atoms with Crippen molar-refractivity contribution < 1.29 is 23.9 Å². The first kappa shape index (κ1) is 15.2. The van der Waals surface area contributed by atoms with Gasteiger partial charge in [0.25, 0.3) is 17.7 Å². The third kappa shape index (κ3) is 2.40. The number of ether oxygens (including phenoxy) is 2. The summed E-state index contributed by atoms with van der Waals surface area (Å²) in [6.07, 6.45) is -0.851. The Kier molecular flexibility index (Phi) is 3.42. The molecule has 2 aromatic carbocycles. The summed E-state index contributed by atoms with van der Waals surface area (Å²) in [7, 11) is 1.41. The van der Waals surface area contributed by atoms with Gasteiger partial charge in [0.15, 0.2) is 11.5 Å². The number of amides is 3. The highest BCUT2D eigenvalue weighted by Gasteiger charge is 2.36. The van der Waals surface area contributed by atoms with Gasteiger partial charge in [-0.3, -0.25) is 19.3 Å². The molecule has 0 aromatic heterocycles. The van der Waals surface area contributed by atoms with Crippen LogP contribution in [0.25, 0.3) is 0 Å². The van der Waals surface area contributed by atoms with E-state index in [1.807, 2.05) is 6.07 Å². The normalized spacial score (nSPS) is 18.1. The molecule has 4 rings (SSSR count). The van der Waals surface area contributed by atoms with Crippen molar-refractivity contribution in [3.05, 3.63) is 53.6 Å². The van der Waals surface area contributed by atoms with Crippen molar-refractivity contribution in [2.75, 3.05) is 19.0 Å². The van der Waals surface area contributed by atoms with Gasteiger partial charge in [-0.1, -0.05) is 18.2 Å². The molecule has 1 atom stereocenters. The Morgan fingerprint density at radius 1 is 1.08 bits per heavy atom. The van der Waals surface area contributed by atoms with Crippen LogP contribution in [0.2, 0.25) is 0 Å². The molecule has 2 aliphatic heterocycles. The first-order chi connectivity index (χ1) is 12.1. The molecule has 7 nitrogen and oxygen atoms in total. The van der Waals surface area contributed by atoms with Gasteiger partial charge in [-0.25, -0.2) is 0 Å². The molecule has 3 amide bonds. The highest BCUT2D eigenvalue weighted by atomic mass is 16.6. The molecule has 2 aromatic rings. The van der Waals surface area contributed by atoms with Crippen LogP contribution in [0.15, 0.2) is 42.5 Å². The van der Waals surface area contributed by atoms with Crippen molar-refractivity contribution in [1.82, 2.24) is 4.90 Å². The van der Waals surface area contributed by atoms with Gasteiger partial charge in [-0.2, -0.15) is 0 Å². The number of hydrogen-bond donors (Lipinski definition) is 1. The number of rotatable bonds is 2. The van der Waals surface area contributed by atoms with Gasteiger partial charge in [-0.05, 0) is 24.3 Å². The predicted molar refractivity (Wildman–Crippen MR) is 87.8 cm³/mol. The average Bonchev–Trinajstić information content (AvgIpc) is 2.86. The number of benzene rings is 2. The predicted octanol–water partition coefficient (Wildman–Crippen LogP) is 1.69. The number of imide groups is 1. The molecule has 0 aliphatic carbocycles. The molecule has 0 radical (unpaired) electrons. The Morgan fingerprint density at radius 2 is 1.84 bits per heavy atom. The summed E-state index contributed by atoms with van der Waals surface area (Å²) < 4.78 is 11.2. The maximum absolute atomic E-state index is 12.5. The zero-order chi connectivity index (χ0) is 17.6. The molecule has 0 saturated heterocycles. The first-order valence-corrected chi connectivity index (χ1v) is 7.71. The van der Waals surface area contributed by atoms with E-state index in [1.165, 1.54) is 7.05 Å². The van der Waals surface area contributed by atoms with Gasteiger partial charge >= 0.3 is 0 Å². The van der Waals surface area contributed by atoms with Crippen molar-refractivity contribution in [1.29, 1.82) is 0 Å². The Labute approximate surface area is 143 Å². The molecule has 7 heteroatoms. The van der Waals surface area contributed by atoms with E-state index in [1.54, 1.807) is 36.4 Å². The third-order valence-corrected chi connectivity index (χ3v) is 4.18. The van der Waals surface area contributed by atoms with Gasteiger partial charge in [0, 0.05) is 7.05 Å². The number of nitrogens with one attached hydrogen (secondary N) is 1. The Morgan fingerprint density at radius 3 is 2.64 bits per heavy atom. The summed E-state index contributed by atoms with van der Waals surface area (Å²) in [5, 5.41) is 2.67. The summed E-state index contributed by atoms with van der Waals surface area (Å²) >= 11 is 0. The lowest BCUT2D eigenvalue weighted by atomic mass is 10.1. The number of fused-ring (bicyclic) bond motifs is 2. The van der Waals surface area contributed by atoms with E-state index in [0.29, 0.717) is 11.5 Å². The monoisotopic (exact) mass is 338 g/mol. The minimum absolute atomic E-state index is 0.0602. The van der Waals surface area contributed by atoms with Crippen LogP contribution in [0.3, 0.4) is 0 Å². The van der Waals surface area contributed by atoms with Crippen molar-refractivity contribution in [2.45, 2.75) is 6.10 Å². The molecule has 0 bridgehead atoms. The van der Waals surface area contributed by atoms with Crippen LogP contribution in [0.4, 0.5) is 5.69 Å². The van der Waals surface area contributed by atoms with Crippen molar-refractivity contribution >= 4 is 23.4 Å². The number of carbonyl (C=O) groups excluding carboxylic acids is 3. The van der Waals surface area contributed by atoms with Gasteiger partial charge in [0.1, 0.15) is 6.61 Å². The summed E-state index contributed by atoms with van der Waals surface area (Å²) in [5.74, 6) is -0.213. The lowest BCUT2D eigenvalue weighted by molar-refractivity contribution is -0.125. The molecule has 1 unspecified atom stereocenters. The summed E-state index contributed by atoms with van der Waals surface area (Å²) in [5.41, 5.74) is 0.754. The minimum Gasteiger partial charge on any atom is -0.485 e. The van der Waals surface area contributed by atoms with Crippen LogP contribution < -0.4 is 14.8 Å². The summed E-state index contributed by atoms with van der Waals surface area (Å²) in [6.45, 7) is 0.0602. The molecular formula is C18H14N2O5. The Balaban J connectivity index is 1.58. The van der Waals surface area contributed by atoms with E-state index in [9.17, 15) is 14.4 Å². The lowest BCUT2D eigenvalue weighted by Crippen LogP contribution is -2.40. The highest BCUT2D eigenvalue weighted by Crippen LogP contribution is 2.32. The quantitative estimate of drug-likeness (QED) is 0.843. The molecule has 2 heterocycles. The fourth-order valence-corrected chi connectivity index (χ4v) is 2.87. The number of carbonyl (C=O) groups is 3. The van der Waals surface area contributed by atoms with E-state index in [-0.39, 0.29) is 29.3 Å². The van der Waals surface area contributed by atoms with Crippen LogP contribution in [0.5, 0.6) is 11.5 Å². The molecule has 25 heavy (non-hydrogen) atoms. The standard InChI is InChI=1S/C18H14N2O5/c1-20-17(22)10-5-4-6-11(15(10)18(20)23)19-16(21)14-9-24-12-7-2-3-8-13(12)25-14/h2-8,14H,9H2,1H3,(H,19,21). The van der Waals surface area contributed by atoms with E-state index < -0.39 is 17.9 Å². The molecular weight excluding hydrogens is 324 g/mol. The third-order valence-electron chi connectivity index (χ3n) is 4.18. The van der Waals surface area contributed by atoms with Crippen molar-refractivity contribution in [2.24, 2.45) is 0 Å². The smallest absolute Gasteiger partial charge is 0.269 e. The van der Waals surface area contributed by atoms with Gasteiger partial charge < -0.3 is 14.8 Å². The van der Waals surface area contributed by atoms with Crippen LogP contribution in [-0.2, 0) is 4.79 Å². The Hall–Kier alpha value is -3.35.